The zero-order valence-electron chi connectivity index (χ0n) is 10.4. The minimum Gasteiger partial charge on any atom is -0.295 e. The lowest BCUT2D eigenvalue weighted by molar-refractivity contribution is -0.117. The molecule has 1 aromatic heterocycles. The van der Waals surface area contributed by atoms with Gasteiger partial charge in [0.2, 0.25) is 5.91 Å². The SMILES string of the molecule is O=C1CC(CS)CN1c1cc(-c2ccccc2)[nH]n1. The van der Waals surface area contributed by atoms with Gasteiger partial charge in [-0.05, 0) is 17.2 Å². The van der Waals surface area contributed by atoms with E-state index in [-0.39, 0.29) is 5.91 Å². The van der Waals surface area contributed by atoms with E-state index in [4.69, 9.17) is 0 Å². The fourth-order valence-electron chi connectivity index (χ4n) is 2.34. The molecule has 3 rings (SSSR count). The van der Waals surface area contributed by atoms with Gasteiger partial charge in [-0.15, -0.1) is 0 Å². The van der Waals surface area contributed by atoms with Gasteiger partial charge in [0, 0.05) is 19.0 Å². The van der Waals surface area contributed by atoms with Crippen LogP contribution in [0.2, 0.25) is 0 Å². The van der Waals surface area contributed by atoms with Crippen LogP contribution >= 0.6 is 12.6 Å². The van der Waals surface area contributed by atoms with Crippen LogP contribution in [0.15, 0.2) is 36.4 Å². The number of hydrogen-bond donors (Lipinski definition) is 2. The van der Waals surface area contributed by atoms with E-state index in [1.54, 1.807) is 4.90 Å². The van der Waals surface area contributed by atoms with Gasteiger partial charge in [0.15, 0.2) is 5.82 Å². The number of aromatic nitrogens is 2. The van der Waals surface area contributed by atoms with Crippen molar-refractivity contribution in [2.24, 2.45) is 5.92 Å². The molecule has 1 aliphatic heterocycles. The van der Waals surface area contributed by atoms with Crippen LogP contribution in [0.1, 0.15) is 6.42 Å². The summed E-state index contributed by atoms with van der Waals surface area (Å²) in [6.45, 7) is 0.710. The third-order valence-corrected chi connectivity index (χ3v) is 3.91. The second kappa shape index (κ2) is 5.09. The molecule has 1 atom stereocenters. The van der Waals surface area contributed by atoms with Gasteiger partial charge in [-0.3, -0.25) is 14.8 Å². The average Bonchev–Trinajstić information content (AvgIpc) is 3.06. The molecule has 5 heteroatoms. The number of amides is 1. The number of H-pyrrole nitrogens is 1. The second-order valence-corrected chi connectivity index (χ2v) is 5.13. The lowest BCUT2D eigenvalue weighted by atomic mass is 10.1. The number of benzene rings is 1. The van der Waals surface area contributed by atoms with Crippen molar-refractivity contribution in [2.75, 3.05) is 17.2 Å². The van der Waals surface area contributed by atoms with Crippen LogP contribution in [-0.2, 0) is 4.79 Å². The predicted octanol–water partition coefficient (Wildman–Crippen LogP) is 2.36. The number of aromatic amines is 1. The first-order valence-corrected chi connectivity index (χ1v) is 6.93. The standard InChI is InChI=1S/C14H15N3OS/c18-14-6-10(9-19)8-17(14)13-7-12(15-16-13)11-4-2-1-3-5-11/h1-5,7,10,19H,6,8-9H2,(H,15,16). The number of carbonyl (C=O) groups is 1. The Morgan fingerprint density at radius 1 is 1.37 bits per heavy atom. The van der Waals surface area contributed by atoms with Crippen molar-refractivity contribution in [1.29, 1.82) is 0 Å². The van der Waals surface area contributed by atoms with Gasteiger partial charge in [-0.1, -0.05) is 30.3 Å². The monoisotopic (exact) mass is 273 g/mol. The van der Waals surface area contributed by atoms with Crippen LogP contribution in [-0.4, -0.2) is 28.4 Å². The number of thiol groups is 1. The van der Waals surface area contributed by atoms with E-state index in [1.807, 2.05) is 36.4 Å². The summed E-state index contributed by atoms with van der Waals surface area (Å²) in [4.78, 5) is 13.7. The van der Waals surface area contributed by atoms with Gasteiger partial charge in [0.05, 0.1) is 5.69 Å². The molecule has 98 valence electrons. The minimum atomic E-state index is 0.130. The summed E-state index contributed by atoms with van der Waals surface area (Å²) >= 11 is 4.26. The first-order valence-electron chi connectivity index (χ1n) is 6.30. The molecule has 1 unspecified atom stereocenters. The van der Waals surface area contributed by atoms with Gasteiger partial charge in [0.25, 0.3) is 0 Å². The van der Waals surface area contributed by atoms with Crippen molar-refractivity contribution in [1.82, 2.24) is 10.2 Å². The number of nitrogens with zero attached hydrogens (tertiary/aromatic N) is 2. The molecule has 2 aromatic rings. The largest absolute Gasteiger partial charge is 0.295 e. The summed E-state index contributed by atoms with van der Waals surface area (Å²) in [5.74, 6) is 1.89. The van der Waals surface area contributed by atoms with E-state index in [0.29, 0.717) is 24.7 Å². The molecule has 0 radical (unpaired) electrons. The number of nitrogens with one attached hydrogen (secondary N) is 1. The Morgan fingerprint density at radius 2 is 2.16 bits per heavy atom. The average molecular weight is 273 g/mol. The van der Waals surface area contributed by atoms with Crippen molar-refractivity contribution in [2.45, 2.75) is 6.42 Å². The normalized spacial score (nSPS) is 19.1. The Kier molecular flexibility index (Phi) is 3.29. The van der Waals surface area contributed by atoms with E-state index >= 15 is 0 Å². The van der Waals surface area contributed by atoms with E-state index in [2.05, 4.69) is 22.8 Å². The summed E-state index contributed by atoms with van der Waals surface area (Å²) in [5, 5.41) is 7.24. The maximum Gasteiger partial charge on any atom is 0.228 e. The molecule has 1 fully saturated rings. The van der Waals surface area contributed by atoms with E-state index in [1.165, 1.54) is 0 Å². The highest BCUT2D eigenvalue weighted by molar-refractivity contribution is 7.80. The third kappa shape index (κ3) is 2.38. The fraction of sp³-hybridized carbons (Fsp3) is 0.286. The number of carbonyl (C=O) groups excluding carboxylic acids is 1. The van der Waals surface area contributed by atoms with Crippen molar-refractivity contribution < 1.29 is 4.79 Å². The molecule has 1 aliphatic rings. The molecule has 0 bridgehead atoms. The Labute approximate surface area is 117 Å². The van der Waals surface area contributed by atoms with E-state index in [0.717, 1.165) is 17.0 Å². The summed E-state index contributed by atoms with van der Waals surface area (Å²) in [5.41, 5.74) is 2.00. The smallest absolute Gasteiger partial charge is 0.228 e. The molecule has 19 heavy (non-hydrogen) atoms. The van der Waals surface area contributed by atoms with Gasteiger partial charge in [-0.25, -0.2) is 0 Å². The summed E-state index contributed by atoms with van der Waals surface area (Å²) in [6.07, 6.45) is 0.566. The second-order valence-electron chi connectivity index (χ2n) is 4.76. The molecule has 4 nitrogen and oxygen atoms in total. The quantitative estimate of drug-likeness (QED) is 0.843. The zero-order valence-corrected chi connectivity index (χ0v) is 11.3. The maximum atomic E-state index is 11.9. The van der Waals surface area contributed by atoms with Crippen molar-refractivity contribution in [3.8, 4) is 11.3 Å². The molecule has 0 aliphatic carbocycles. The molecule has 0 saturated carbocycles. The lowest BCUT2D eigenvalue weighted by Crippen LogP contribution is -2.24. The molecule has 1 N–H and O–H groups in total. The summed E-state index contributed by atoms with van der Waals surface area (Å²) < 4.78 is 0. The topological polar surface area (TPSA) is 49.0 Å². The van der Waals surface area contributed by atoms with E-state index in [9.17, 15) is 4.79 Å². The van der Waals surface area contributed by atoms with Gasteiger partial charge in [-0.2, -0.15) is 17.7 Å². The lowest BCUT2D eigenvalue weighted by Gasteiger charge is -2.12. The van der Waals surface area contributed by atoms with Crippen LogP contribution < -0.4 is 4.90 Å². The number of hydrogen-bond acceptors (Lipinski definition) is 3. The van der Waals surface area contributed by atoms with Crippen molar-refractivity contribution in [3.05, 3.63) is 36.4 Å². The van der Waals surface area contributed by atoms with Gasteiger partial charge in [0.1, 0.15) is 0 Å². The van der Waals surface area contributed by atoms with Crippen molar-refractivity contribution >= 4 is 24.4 Å². The van der Waals surface area contributed by atoms with Crippen LogP contribution in [0.5, 0.6) is 0 Å². The van der Waals surface area contributed by atoms with E-state index < -0.39 is 0 Å². The molecular formula is C14H15N3OS. The Balaban J connectivity index is 1.84. The fourth-order valence-corrected chi connectivity index (χ4v) is 2.58. The molecular weight excluding hydrogens is 258 g/mol. The molecule has 0 spiro atoms. The Hall–Kier alpha value is -1.75. The van der Waals surface area contributed by atoms with Crippen LogP contribution in [0.4, 0.5) is 5.82 Å². The maximum absolute atomic E-state index is 11.9. The van der Waals surface area contributed by atoms with Gasteiger partial charge >= 0.3 is 0 Å². The number of rotatable bonds is 3. The zero-order chi connectivity index (χ0) is 13.2. The minimum absolute atomic E-state index is 0.130. The van der Waals surface area contributed by atoms with Crippen molar-refractivity contribution in [3.63, 3.8) is 0 Å². The molecule has 1 aromatic carbocycles. The highest BCUT2D eigenvalue weighted by atomic mass is 32.1. The number of anilines is 1. The highest BCUT2D eigenvalue weighted by Crippen LogP contribution is 2.27. The Bertz CT molecular complexity index is 581. The van der Waals surface area contributed by atoms with Crippen LogP contribution in [0.3, 0.4) is 0 Å². The highest BCUT2D eigenvalue weighted by Gasteiger charge is 2.31. The van der Waals surface area contributed by atoms with Crippen LogP contribution in [0, 0.1) is 5.92 Å². The molecule has 1 saturated heterocycles. The predicted molar refractivity (Wildman–Crippen MR) is 78.3 cm³/mol. The molecule has 2 heterocycles. The first-order chi connectivity index (χ1) is 9.28. The summed E-state index contributed by atoms with van der Waals surface area (Å²) in [7, 11) is 0. The summed E-state index contributed by atoms with van der Waals surface area (Å²) in [6, 6.07) is 11.9. The third-order valence-electron chi connectivity index (χ3n) is 3.39. The van der Waals surface area contributed by atoms with Crippen LogP contribution in [0.25, 0.3) is 11.3 Å². The molecule has 1 amide bonds. The Morgan fingerprint density at radius 3 is 2.84 bits per heavy atom. The first kappa shape index (κ1) is 12.3. The van der Waals surface area contributed by atoms with Gasteiger partial charge < -0.3 is 0 Å².